The number of hydrogen-bond acceptors (Lipinski definition) is 3. The molecule has 1 aromatic rings. The van der Waals surface area contributed by atoms with Crippen molar-refractivity contribution in [3.8, 4) is 6.07 Å². The van der Waals surface area contributed by atoms with E-state index >= 15 is 0 Å². The fraction of sp³-hybridized carbons (Fsp3) is 0.429. The first kappa shape index (κ1) is 14.7. The van der Waals surface area contributed by atoms with E-state index < -0.39 is 0 Å². The zero-order valence-electron chi connectivity index (χ0n) is 10.7. The van der Waals surface area contributed by atoms with Crippen LogP contribution in [0.1, 0.15) is 24.2 Å². The second-order valence-corrected chi connectivity index (χ2v) is 4.73. The monoisotopic (exact) mass is 264 g/mol. The molecule has 1 atom stereocenters. The van der Waals surface area contributed by atoms with Gasteiger partial charge in [-0.15, -0.1) is 0 Å². The molecule has 3 nitrogen and oxygen atoms in total. The van der Waals surface area contributed by atoms with Crippen molar-refractivity contribution in [1.82, 2.24) is 4.90 Å². The maximum Gasteiger partial charge on any atom is 0.176 e. The molecule has 0 spiro atoms. The van der Waals surface area contributed by atoms with Crippen molar-refractivity contribution in [2.24, 2.45) is 5.92 Å². The van der Waals surface area contributed by atoms with E-state index in [1.807, 2.05) is 18.7 Å². The minimum Gasteiger partial charge on any atom is -0.295 e. The third-order valence-corrected chi connectivity index (χ3v) is 2.95. The number of halogens is 1. The zero-order chi connectivity index (χ0) is 13.5. The molecule has 0 saturated carbocycles. The highest BCUT2D eigenvalue weighted by atomic mass is 35.5. The van der Waals surface area contributed by atoms with Crippen LogP contribution in [0.25, 0.3) is 0 Å². The summed E-state index contributed by atoms with van der Waals surface area (Å²) in [5, 5.41) is 9.35. The van der Waals surface area contributed by atoms with Crippen LogP contribution in [-0.2, 0) is 0 Å². The highest BCUT2D eigenvalue weighted by Gasteiger charge is 2.13. The summed E-state index contributed by atoms with van der Waals surface area (Å²) in [5.41, 5.74) is 0.616. The molecule has 0 radical (unpaired) electrons. The van der Waals surface area contributed by atoms with E-state index in [4.69, 9.17) is 16.9 Å². The summed E-state index contributed by atoms with van der Waals surface area (Å²) < 4.78 is 0. The fourth-order valence-corrected chi connectivity index (χ4v) is 1.88. The number of carbonyl (C=O) groups excluding carboxylic acids is 1. The number of hydrogen-bond donors (Lipinski definition) is 0. The van der Waals surface area contributed by atoms with E-state index in [0.717, 1.165) is 6.54 Å². The summed E-state index contributed by atoms with van der Waals surface area (Å²) in [6.45, 7) is 5.52. The Morgan fingerprint density at radius 3 is 2.83 bits per heavy atom. The van der Waals surface area contributed by atoms with Crippen molar-refractivity contribution < 1.29 is 4.79 Å². The number of benzene rings is 1. The number of ketones is 1. The van der Waals surface area contributed by atoms with E-state index in [1.165, 1.54) is 0 Å². The first-order chi connectivity index (χ1) is 8.56. The second kappa shape index (κ2) is 7.15. The van der Waals surface area contributed by atoms with Crippen molar-refractivity contribution in [1.29, 1.82) is 5.26 Å². The molecule has 0 N–H and O–H groups in total. The molecule has 1 unspecified atom stereocenters. The minimum atomic E-state index is -0.0721. The SMILES string of the molecule is CCN(CC(=O)c1cccc(Cl)c1)CC(C)C#N. The number of likely N-dealkylation sites (N-methyl/N-ethyl adjacent to an activating group) is 1. The Kier molecular flexibility index (Phi) is 5.84. The standard InChI is InChI=1S/C14H17ClN2O/c1-3-17(9-11(2)8-16)10-14(18)12-5-4-6-13(15)7-12/h4-7,11H,3,9-10H2,1-2H3. The molecule has 0 amide bonds. The van der Waals surface area contributed by atoms with Gasteiger partial charge in [-0.05, 0) is 25.6 Å². The molecule has 0 fully saturated rings. The van der Waals surface area contributed by atoms with Crippen molar-refractivity contribution >= 4 is 17.4 Å². The zero-order valence-corrected chi connectivity index (χ0v) is 11.4. The minimum absolute atomic E-state index is 0.0319. The van der Waals surface area contributed by atoms with Gasteiger partial charge in [-0.1, -0.05) is 30.7 Å². The lowest BCUT2D eigenvalue weighted by Crippen LogP contribution is -2.33. The lowest BCUT2D eigenvalue weighted by molar-refractivity contribution is 0.0929. The van der Waals surface area contributed by atoms with Crippen LogP contribution in [0.15, 0.2) is 24.3 Å². The van der Waals surface area contributed by atoms with Crippen LogP contribution >= 0.6 is 11.6 Å². The van der Waals surface area contributed by atoms with Gasteiger partial charge in [0.2, 0.25) is 0 Å². The molecule has 1 aromatic carbocycles. The second-order valence-electron chi connectivity index (χ2n) is 4.29. The third-order valence-electron chi connectivity index (χ3n) is 2.71. The van der Waals surface area contributed by atoms with Crippen molar-refractivity contribution in [3.05, 3.63) is 34.9 Å². The Morgan fingerprint density at radius 1 is 1.56 bits per heavy atom. The summed E-state index contributed by atoms with van der Waals surface area (Å²) in [5.74, 6) is -0.0402. The summed E-state index contributed by atoms with van der Waals surface area (Å²) >= 11 is 5.86. The van der Waals surface area contributed by atoms with Gasteiger partial charge in [0.25, 0.3) is 0 Å². The summed E-state index contributed by atoms with van der Waals surface area (Å²) in [6, 6.07) is 9.12. The van der Waals surface area contributed by atoms with E-state index in [0.29, 0.717) is 23.7 Å². The van der Waals surface area contributed by atoms with E-state index in [9.17, 15) is 4.79 Å². The number of rotatable bonds is 6. The molecular formula is C14H17ClN2O. The molecule has 18 heavy (non-hydrogen) atoms. The molecule has 0 aromatic heterocycles. The number of nitriles is 1. The maximum atomic E-state index is 12.1. The van der Waals surface area contributed by atoms with Crippen LogP contribution in [0.4, 0.5) is 0 Å². The smallest absolute Gasteiger partial charge is 0.176 e. The molecule has 4 heteroatoms. The molecule has 1 rings (SSSR count). The van der Waals surface area contributed by atoms with Gasteiger partial charge in [-0.25, -0.2) is 0 Å². The topological polar surface area (TPSA) is 44.1 Å². The molecule has 96 valence electrons. The quantitative estimate of drug-likeness (QED) is 0.742. The number of nitrogens with zero attached hydrogens (tertiary/aromatic N) is 2. The predicted octanol–water partition coefficient (Wildman–Crippen LogP) is 3.00. The van der Waals surface area contributed by atoms with E-state index in [1.54, 1.807) is 24.3 Å². The molecule has 0 bridgehead atoms. The Bertz CT molecular complexity index is 453. The normalized spacial score (nSPS) is 12.2. The Hall–Kier alpha value is -1.37. The Labute approximate surface area is 113 Å². The molecular weight excluding hydrogens is 248 g/mol. The van der Waals surface area contributed by atoms with Gasteiger partial charge in [-0.3, -0.25) is 9.69 Å². The van der Waals surface area contributed by atoms with E-state index in [2.05, 4.69) is 6.07 Å². The fourth-order valence-electron chi connectivity index (χ4n) is 1.69. The summed E-state index contributed by atoms with van der Waals surface area (Å²) in [6.07, 6.45) is 0. The molecule has 0 aliphatic rings. The van der Waals surface area contributed by atoms with Crippen LogP contribution in [0, 0.1) is 17.2 Å². The van der Waals surface area contributed by atoms with Gasteiger partial charge in [0.05, 0.1) is 18.5 Å². The van der Waals surface area contributed by atoms with Gasteiger partial charge in [-0.2, -0.15) is 5.26 Å². The van der Waals surface area contributed by atoms with E-state index in [-0.39, 0.29) is 11.7 Å². The Balaban J connectivity index is 2.65. The van der Waals surface area contributed by atoms with Crippen molar-refractivity contribution in [3.63, 3.8) is 0 Å². The third kappa shape index (κ3) is 4.48. The molecule has 0 heterocycles. The van der Waals surface area contributed by atoms with Gasteiger partial charge >= 0.3 is 0 Å². The molecule has 0 aliphatic carbocycles. The van der Waals surface area contributed by atoms with Crippen LogP contribution in [0.2, 0.25) is 5.02 Å². The first-order valence-electron chi connectivity index (χ1n) is 5.97. The average molecular weight is 265 g/mol. The van der Waals surface area contributed by atoms with Crippen molar-refractivity contribution in [2.75, 3.05) is 19.6 Å². The highest BCUT2D eigenvalue weighted by Crippen LogP contribution is 2.12. The largest absolute Gasteiger partial charge is 0.295 e. The first-order valence-corrected chi connectivity index (χ1v) is 6.35. The Morgan fingerprint density at radius 2 is 2.28 bits per heavy atom. The maximum absolute atomic E-state index is 12.1. The lowest BCUT2D eigenvalue weighted by atomic mass is 10.1. The predicted molar refractivity (Wildman–Crippen MR) is 72.7 cm³/mol. The lowest BCUT2D eigenvalue weighted by Gasteiger charge is -2.20. The number of carbonyl (C=O) groups is 1. The van der Waals surface area contributed by atoms with Gasteiger partial charge in [0.1, 0.15) is 0 Å². The highest BCUT2D eigenvalue weighted by molar-refractivity contribution is 6.31. The summed E-state index contributed by atoms with van der Waals surface area (Å²) in [7, 11) is 0. The van der Waals surface area contributed by atoms with Gasteiger partial charge in [0.15, 0.2) is 5.78 Å². The van der Waals surface area contributed by atoms with Crippen LogP contribution in [0.5, 0.6) is 0 Å². The average Bonchev–Trinajstić information content (AvgIpc) is 2.37. The summed E-state index contributed by atoms with van der Waals surface area (Å²) in [4.78, 5) is 14.0. The van der Waals surface area contributed by atoms with Gasteiger partial charge in [0, 0.05) is 17.1 Å². The molecule has 0 saturated heterocycles. The molecule has 0 aliphatic heterocycles. The van der Waals surface area contributed by atoms with Crippen LogP contribution in [0.3, 0.4) is 0 Å². The number of Topliss-reactive ketones (excluding diaryl/α,β-unsaturated/α-hetero) is 1. The van der Waals surface area contributed by atoms with Crippen LogP contribution < -0.4 is 0 Å². The van der Waals surface area contributed by atoms with Crippen LogP contribution in [-0.4, -0.2) is 30.3 Å². The van der Waals surface area contributed by atoms with Crippen molar-refractivity contribution in [2.45, 2.75) is 13.8 Å². The van der Waals surface area contributed by atoms with Gasteiger partial charge < -0.3 is 0 Å².